The van der Waals surface area contributed by atoms with Crippen LogP contribution in [0.15, 0.2) is 43.1 Å². The van der Waals surface area contributed by atoms with Crippen LogP contribution in [0.5, 0.6) is 11.5 Å². The quantitative estimate of drug-likeness (QED) is 0.377. The molecule has 9 heteroatoms. The number of methoxy groups -OCH3 is 1. The Morgan fingerprint density at radius 1 is 1.16 bits per heavy atom. The molecule has 3 rings (SSSR count). The molecule has 0 bridgehead atoms. The third-order valence-electron chi connectivity index (χ3n) is 4.52. The number of anilines is 2. The summed E-state index contributed by atoms with van der Waals surface area (Å²) in [5, 5.41) is 13.0. The van der Waals surface area contributed by atoms with Crippen LogP contribution in [-0.2, 0) is 9.53 Å². The number of aromatic nitrogens is 2. The number of carboxylic acid groups (broad SMARTS) is 1. The number of rotatable bonds is 9. The van der Waals surface area contributed by atoms with Crippen LogP contribution in [0, 0.1) is 0 Å². The van der Waals surface area contributed by atoms with Gasteiger partial charge in [-0.3, -0.25) is 0 Å². The third kappa shape index (κ3) is 4.61. The summed E-state index contributed by atoms with van der Waals surface area (Å²) in [6, 6.07) is 8.72. The number of hydrogen-bond acceptors (Lipinski definition) is 8. The van der Waals surface area contributed by atoms with Crippen molar-refractivity contribution < 1.29 is 28.9 Å². The van der Waals surface area contributed by atoms with Crippen molar-refractivity contribution in [2.24, 2.45) is 0 Å². The molecule has 0 aliphatic heterocycles. The van der Waals surface area contributed by atoms with Crippen molar-refractivity contribution in [3.05, 3.63) is 54.4 Å². The second-order valence-electron chi connectivity index (χ2n) is 6.54. The van der Waals surface area contributed by atoms with E-state index in [9.17, 15) is 14.7 Å². The lowest BCUT2D eigenvalue weighted by Gasteiger charge is -2.16. The minimum absolute atomic E-state index is 0.0682. The first-order valence-corrected chi connectivity index (χ1v) is 9.86. The molecule has 166 valence electrons. The van der Waals surface area contributed by atoms with Crippen LogP contribution in [0.4, 0.5) is 11.4 Å². The SMILES string of the molecule is C=C(C(=O)O)c1nc2ncc(C(=O)OCC)c(Nc3ccc(OC)cc3)c2cc1OCC. The molecule has 0 aliphatic rings. The van der Waals surface area contributed by atoms with Crippen molar-refractivity contribution >= 4 is 39.9 Å². The maximum absolute atomic E-state index is 12.6. The highest BCUT2D eigenvalue weighted by Crippen LogP contribution is 2.35. The maximum Gasteiger partial charge on any atom is 0.341 e. The van der Waals surface area contributed by atoms with Crippen molar-refractivity contribution in [2.75, 3.05) is 25.6 Å². The molecule has 0 aliphatic carbocycles. The average molecular weight is 437 g/mol. The largest absolute Gasteiger partial charge is 0.497 e. The Labute approximate surface area is 184 Å². The number of fused-ring (bicyclic) bond motifs is 1. The zero-order chi connectivity index (χ0) is 23.3. The van der Waals surface area contributed by atoms with E-state index in [4.69, 9.17) is 14.2 Å². The number of carbonyl (C=O) groups is 2. The second-order valence-corrected chi connectivity index (χ2v) is 6.54. The van der Waals surface area contributed by atoms with Crippen LogP contribution in [0.3, 0.4) is 0 Å². The Balaban J connectivity index is 2.23. The maximum atomic E-state index is 12.6. The molecule has 9 nitrogen and oxygen atoms in total. The standard InChI is InChI=1S/C23H23N3O6/c1-5-31-18-11-16-20(25-14-7-9-15(30-4)10-8-14)17(23(29)32-6-2)12-24-21(16)26-19(18)13(3)22(27)28/h7-12H,3,5-6H2,1-2,4H3,(H,27,28)(H,24,25,26). The fourth-order valence-corrected chi connectivity index (χ4v) is 3.00. The fraction of sp³-hybridized carbons (Fsp3) is 0.217. The van der Waals surface area contributed by atoms with E-state index in [-0.39, 0.29) is 41.4 Å². The van der Waals surface area contributed by atoms with E-state index in [1.54, 1.807) is 51.3 Å². The van der Waals surface area contributed by atoms with E-state index in [0.717, 1.165) is 0 Å². The summed E-state index contributed by atoms with van der Waals surface area (Å²) in [7, 11) is 1.57. The number of aliphatic carboxylic acids is 1. The van der Waals surface area contributed by atoms with Crippen LogP contribution < -0.4 is 14.8 Å². The summed E-state index contributed by atoms with van der Waals surface area (Å²) in [6.07, 6.45) is 1.34. The van der Waals surface area contributed by atoms with Crippen molar-refractivity contribution in [1.29, 1.82) is 0 Å². The van der Waals surface area contributed by atoms with Gasteiger partial charge < -0.3 is 24.6 Å². The third-order valence-corrected chi connectivity index (χ3v) is 4.52. The van der Waals surface area contributed by atoms with Gasteiger partial charge in [-0.05, 0) is 44.2 Å². The van der Waals surface area contributed by atoms with Crippen LogP contribution >= 0.6 is 0 Å². The lowest BCUT2D eigenvalue weighted by Crippen LogP contribution is -2.11. The number of carboxylic acids is 1. The first-order chi connectivity index (χ1) is 15.4. The van der Waals surface area contributed by atoms with E-state index >= 15 is 0 Å². The summed E-state index contributed by atoms with van der Waals surface area (Å²) in [5.41, 5.74) is 1.34. The Hall–Kier alpha value is -4.14. The average Bonchev–Trinajstić information content (AvgIpc) is 2.79. The molecule has 0 unspecified atom stereocenters. The van der Waals surface area contributed by atoms with Crippen molar-refractivity contribution in [3.8, 4) is 11.5 Å². The predicted molar refractivity (Wildman–Crippen MR) is 120 cm³/mol. The van der Waals surface area contributed by atoms with Gasteiger partial charge in [0.05, 0.1) is 31.6 Å². The van der Waals surface area contributed by atoms with Gasteiger partial charge in [-0.1, -0.05) is 6.58 Å². The number of nitrogens with zero attached hydrogens (tertiary/aromatic N) is 2. The van der Waals surface area contributed by atoms with Gasteiger partial charge in [-0.25, -0.2) is 19.6 Å². The first kappa shape index (κ1) is 22.5. The van der Waals surface area contributed by atoms with Gasteiger partial charge in [0.25, 0.3) is 0 Å². The van der Waals surface area contributed by atoms with E-state index in [2.05, 4.69) is 21.9 Å². The highest BCUT2D eigenvalue weighted by molar-refractivity contribution is 6.15. The number of pyridine rings is 2. The lowest BCUT2D eigenvalue weighted by molar-refractivity contribution is -0.130. The van der Waals surface area contributed by atoms with Gasteiger partial charge in [-0.2, -0.15) is 0 Å². The topological polar surface area (TPSA) is 120 Å². The zero-order valence-electron chi connectivity index (χ0n) is 18.0. The van der Waals surface area contributed by atoms with E-state index in [0.29, 0.717) is 22.5 Å². The highest BCUT2D eigenvalue weighted by Gasteiger charge is 2.22. The molecule has 2 N–H and O–H groups in total. The van der Waals surface area contributed by atoms with Crippen molar-refractivity contribution in [3.63, 3.8) is 0 Å². The number of carbonyl (C=O) groups excluding carboxylic acids is 1. The summed E-state index contributed by atoms with van der Waals surface area (Å²) in [4.78, 5) is 32.7. The van der Waals surface area contributed by atoms with Crippen LogP contribution in [0.25, 0.3) is 16.6 Å². The number of hydrogen-bond donors (Lipinski definition) is 2. The normalized spacial score (nSPS) is 10.5. The molecule has 0 fully saturated rings. The molecular formula is C23H23N3O6. The predicted octanol–water partition coefficient (Wildman–Crippen LogP) is 4.06. The van der Waals surface area contributed by atoms with Gasteiger partial charge in [-0.15, -0.1) is 0 Å². The zero-order valence-corrected chi connectivity index (χ0v) is 18.0. The second kappa shape index (κ2) is 9.78. The Bertz CT molecular complexity index is 1170. The van der Waals surface area contributed by atoms with E-state index in [1.165, 1.54) is 6.20 Å². The molecule has 2 heterocycles. The smallest absolute Gasteiger partial charge is 0.341 e. The Morgan fingerprint density at radius 2 is 1.88 bits per heavy atom. The Kier molecular flexibility index (Phi) is 6.89. The Morgan fingerprint density at radius 3 is 2.47 bits per heavy atom. The number of benzene rings is 1. The molecule has 2 aromatic heterocycles. The highest BCUT2D eigenvalue weighted by atomic mass is 16.5. The van der Waals surface area contributed by atoms with E-state index < -0.39 is 11.9 Å². The summed E-state index contributed by atoms with van der Waals surface area (Å²) in [6.45, 7) is 7.52. The summed E-state index contributed by atoms with van der Waals surface area (Å²) >= 11 is 0. The van der Waals surface area contributed by atoms with Crippen molar-refractivity contribution in [1.82, 2.24) is 9.97 Å². The molecular weight excluding hydrogens is 414 g/mol. The molecule has 0 saturated heterocycles. The van der Waals surface area contributed by atoms with E-state index in [1.807, 2.05) is 0 Å². The first-order valence-electron chi connectivity index (χ1n) is 9.86. The van der Waals surface area contributed by atoms with Gasteiger partial charge in [0.2, 0.25) is 0 Å². The van der Waals surface area contributed by atoms with Crippen LogP contribution in [-0.4, -0.2) is 47.3 Å². The summed E-state index contributed by atoms with van der Waals surface area (Å²) in [5.74, 6) is -0.890. The minimum atomic E-state index is -1.22. The van der Waals surface area contributed by atoms with Crippen molar-refractivity contribution in [2.45, 2.75) is 13.8 Å². The fourth-order valence-electron chi connectivity index (χ4n) is 3.00. The van der Waals surface area contributed by atoms with Crippen LogP contribution in [0.1, 0.15) is 29.9 Å². The molecule has 3 aromatic rings. The van der Waals surface area contributed by atoms with Gasteiger partial charge in [0, 0.05) is 17.3 Å². The van der Waals surface area contributed by atoms with Gasteiger partial charge >= 0.3 is 11.9 Å². The monoisotopic (exact) mass is 437 g/mol. The molecule has 0 saturated carbocycles. The molecule has 1 aromatic carbocycles. The molecule has 0 amide bonds. The number of nitrogens with one attached hydrogen (secondary N) is 1. The van der Waals surface area contributed by atoms with Gasteiger partial charge in [0.1, 0.15) is 22.8 Å². The number of esters is 1. The van der Waals surface area contributed by atoms with Crippen LogP contribution in [0.2, 0.25) is 0 Å². The molecule has 0 radical (unpaired) electrons. The molecule has 0 spiro atoms. The van der Waals surface area contributed by atoms with Gasteiger partial charge in [0.15, 0.2) is 5.65 Å². The lowest BCUT2D eigenvalue weighted by atomic mass is 10.1. The minimum Gasteiger partial charge on any atom is -0.497 e. The molecule has 32 heavy (non-hydrogen) atoms. The molecule has 0 atom stereocenters. The summed E-state index contributed by atoms with van der Waals surface area (Å²) < 4.78 is 16.0. The number of ether oxygens (including phenoxy) is 3.